The molecule has 0 saturated carbocycles. The van der Waals surface area contributed by atoms with E-state index >= 15 is 0 Å². The van der Waals surface area contributed by atoms with Gasteiger partial charge in [0.2, 0.25) is 5.89 Å². The minimum absolute atomic E-state index is 0.507. The topological polar surface area (TPSA) is 76.7 Å². The Kier molecular flexibility index (Phi) is 4.94. The van der Waals surface area contributed by atoms with Gasteiger partial charge >= 0.3 is 0 Å². The molecule has 0 radical (unpaired) electrons. The number of hydrogen-bond acceptors (Lipinski definition) is 7. The van der Waals surface area contributed by atoms with Crippen molar-refractivity contribution in [2.45, 2.75) is 50.8 Å². The van der Waals surface area contributed by atoms with Gasteiger partial charge in [0.15, 0.2) is 0 Å². The van der Waals surface area contributed by atoms with E-state index in [1.807, 2.05) is 13.8 Å². The molecule has 0 saturated heterocycles. The van der Waals surface area contributed by atoms with Crippen LogP contribution in [0.3, 0.4) is 0 Å². The van der Waals surface area contributed by atoms with Gasteiger partial charge in [-0.05, 0) is 25.1 Å². The van der Waals surface area contributed by atoms with Crippen LogP contribution in [0.4, 0.5) is 5.82 Å². The predicted molar refractivity (Wildman–Crippen MR) is 78.1 cm³/mol. The fourth-order valence-corrected chi connectivity index (χ4v) is 2.43. The monoisotopic (exact) mass is 293 g/mol. The first kappa shape index (κ1) is 14.8. The van der Waals surface area contributed by atoms with Crippen LogP contribution in [0.5, 0.6) is 0 Å². The van der Waals surface area contributed by atoms with Gasteiger partial charge in [0.05, 0.1) is 0 Å². The molecule has 0 aliphatic carbocycles. The quantitative estimate of drug-likeness (QED) is 0.820. The molecule has 2 rings (SSSR count). The van der Waals surface area contributed by atoms with E-state index in [4.69, 9.17) is 4.42 Å². The zero-order chi connectivity index (χ0) is 14.5. The first-order valence-electron chi connectivity index (χ1n) is 6.73. The van der Waals surface area contributed by atoms with Gasteiger partial charge in [0.1, 0.15) is 16.7 Å². The second kappa shape index (κ2) is 6.69. The van der Waals surface area contributed by atoms with Crippen molar-refractivity contribution < 1.29 is 4.42 Å². The highest BCUT2D eigenvalue weighted by atomic mass is 32.2. The maximum atomic E-state index is 5.40. The van der Waals surface area contributed by atoms with Crippen molar-refractivity contribution in [2.75, 3.05) is 11.9 Å². The zero-order valence-corrected chi connectivity index (χ0v) is 13.0. The van der Waals surface area contributed by atoms with E-state index in [1.165, 1.54) is 11.8 Å². The maximum Gasteiger partial charge on any atom is 0.282 e. The Hall–Kier alpha value is -1.63. The van der Waals surface area contributed by atoms with Crippen molar-refractivity contribution in [1.82, 2.24) is 20.2 Å². The van der Waals surface area contributed by atoms with Crippen LogP contribution >= 0.6 is 11.8 Å². The van der Waals surface area contributed by atoms with Crippen molar-refractivity contribution in [3.63, 3.8) is 0 Å². The van der Waals surface area contributed by atoms with Crippen LogP contribution in [0, 0.1) is 13.8 Å². The fourth-order valence-electron chi connectivity index (χ4n) is 1.62. The molecular weight excluding hydrogens is 274 g/mol. The lowest BCUT2D eigenvalue weighted by Gasteiger charge is -2.11. The first-order chi connectivity index (χ1) is 9.63. The van der Waals surface area contributed by atoms with Gasteiger partial charge in [0.25, 0.3) is 5.22 Å². The Balaban J connectivity index is 2.30. The maximum absolute atomic E-state index is 5.40. The number of nitrogens with one attached hydrogen (secondary N) is 1. The van der Waals surface area contributed by atoms with Crippen LogP contribution in [0.15, 0.2) is 14.7 Å². The Morgan fingerprint density at radius 1 is 1.15 bits per heavy atom. The predicted octanol–water partition coefficient (Wildman–Crippen LogP) is 3.01. The molecule has 6 nitrogen and oxygen atoms in total. The molecule has 0 aliphatic heterocycles. The molecule has 2 aromatic heterocycles. The molecule has 2 heterocycles. The van der Waals surface area contributed by atoms with E-state index in [0.717, 1.165) is 41.6 Å². The summed E-state index contributed by atoms with van der Waals surface area (Å²) in [6.07, 6.45) is 1.84. The van der Waals surface area contributed by atoms with Crippen molar-refractivity contribution in [2.24, 2.45) is 0 Å². The van der Waals surface area contributed by atoms with Gasteiger partial charge < -0.3 is 9.73 Å². The third kappa shape index (κ3) is 3.47. The second-order valence-electron chi connectivity index (χ2n) is 4.39. The average molecular weight is 293 g/mol. The van der Waals surface area contributed by atoms with E-state index in [-0.39, 0.29) is 0 Å². The summed E-state index contributed by atoms with van der Waals surface area (Å²) in [5.41, 5.74) is 1.01. The Labute approximate surface area is 122 Å². The number of aromatic nitrogens is 4. The molecule has 0 unspecified atom stereocenters. The lowest BCUT2D eigenvalue weighted by atomic mass is 10.3. The van der Waals surface area contributed by atoms with Gasteiger partial charge in [-0.2, -0.15) is 0 Å². The Bertz CT molecular complexity index is 584. The minimum atomic E-state index is 0.507. The molecule has 7 heteroatoms. The summed E-state index contributed by atoms with van der Waals surface area (Å²) < 4.78 is 5.40. The van der Waals surface area contributed by atoms with Crippen LogP contribution in [0.2, 0.25) is 0 Å². The SMILES string of the molecule is CCCNc1nc(CC)nc(Sc2nnc(C)o2)c1C. The summed E-state index contributed by atoms with van der Waals surface area (Å²) in [4.78, 5) is 9.08. The van der Waals surface area contributed by atoms with Gasteiger partial charge in [0, 0.05) is 25.5 Å². The summed E-state index contributed by atoms with van der Waals surface area (Å²) in [6.45, 7) is 8.84. The lowest BCUT2D eigenvalue weighted by Crippen LogP contribution is -2.08. The van der Waals surface area contributed by atoms with Crippen LogP contribution in [0.1, 0.15) is 37.5 Å². The third-order valence-electron chi connectivity index (χ3n) is 2.70. The van der Waals surface area contributed by atoms with Crippen LogP contribution in [-0.2, 0) is 6.42 Å². The van der Waals surface area contributed by atoms with E-state index in [0.29, 0.717) is 11.1 Å². The van der Waals surface area contributed by atoms with Crippen molar-refractivity contribution in [1.29, 1.82) is 0 Å². The highest BCUT2D eigenvalue weighted by Crippen LogP contribution is 2.30. The van der Waals surface area contributed by atoms with Gasteiger partial charge in [-0.15, -0.1) is 10.2 Å². The zero-order valence-electron chi connectivity index (χ0n) is 12.2. The standard InChI is InChI=1S/C13H19N5OS/c1-5-7-14-11-8(3)12(16-10(6-2)15-11)20-13-18-17-9(4)19-13/h5-7H2,1-4H3,(H,14,15,16). The molecule has 0 spiro atoms. The molecule has 2 aromatic rings. The van der Waals surface area contributed by atoms with E-state index < -0.39 is 0 Å². The van der Waals surface area contributed by atoms with E-state index in [9.17, 15) is 0 Å². The molecule has 108 valence electrons. The van der Waals surface area contributed by atoms with Gasteiger partial charge in [-0.3, -0.25) is 0 Å². The smallest absolute Gasteiger partial charge is 0.282 e. The van der Waals surface area contributed by atoms with Gasteiger partial charge in [-0.1, -0.05) is 13.8 Å². The largest absolute Gasteiger partial charge is 0.416 e. The molecule has 1 N–H and O–H groups in total. The molecule has 0 aliphatic rings. The molecule has 0 bridgehead atoms. The lowest BCUT2D eigenvalue weighted by molar-refractivity contribution is 0.429. The molecule has 0 aromatic carbocycles. The van der Waals surface area contributed by atoms with Crippen LogP contribution in [0.25, 0.3) is 0 Å². The summed E-state index contributed by atoms with van der Waals surface area (Å²) in [7, 11) is 0. The van der Waals surface area contributed by atoms with Crippen molar-refractivity contribution in [3.05, 3.63) is 17.3 Å². The van der Waals surface area contributed by atoms with Crippen LogP contribution in [-0.4, -0.2) is 26.7 Å². The molecule has 0 atom stereocenters. The van der Waals surface area contributed by atoms with E-state index in [2.05, 4.69) is 32.4 Å². The van der Waals surface area contributed by atoms with Gasteiger partial charge in [-0.25, -0.2) is 9.97 Å². The highest BCUT2D eigenvalue weighted by Gasteiger charge is 2.14. The first-order valence-corrected chi connectivity index (χ1v) is 7.55. The number of rotatable bonds is 6. The number of aryl methyl sites for hydroxylation is 2. The van der Waals surface area contributed by atoms with E-state index in [1.54, 1.807) is 6.92 Å². The number of hydrogen-bond donors (Lipinski definition) is 1. The minimum Gasteiger partial charge on any atom is -0.416 e. The normalized spacial score (nSPS) is 10.8. The Morgan fingerprint density at radius 2 is 1.95 bits per heavy atom. The second-order valence-corrected chi connectivity index (χ2v) is 5.33. The molecular formula is C13H19N5OS. The number of anilines is 1. The third-order valence-corrected chi connectivity index (χ3v) is 3.63. The summed E-state index contributed by atoms with van der Waals surface area (Å²) in [6, 6.07) is 0. The van der Waals surface area contributed by atoms with Crippen molar-refractivity contribution in [3.8, 4) is 0 Å². The van der Waals surface area contributed by atoms with Crippen LogP contribution < -0.4 is 5.32 Å². The summed E-state index contributed by atoms with van der Waals surface area (Å²) in [5.74, 6) is 2.25. The summed E-state index contributed by atoms with van der Waals surface area (Å²) >= 11 is 1.38. The van der Waals surface area contributed by atoms with Crippen molar-refractivity contribution >= 4 is 17.6 Å². The highest BCUT2D eigenvalue weighted by molar-refractivity contribution is 7.99. The molecule has 0 fully saturated rings. The summed E-state index contributed by atoms with van der Waals surface area (Å²) in [5, 5.41) is 12.5. The Morgan fingerprint density at radius 3 is 2.55 bits per heavy atom. The fraction of sp³-hybridized carbons (Fsp3) is 0.538. The molecule has 0 amide bonds. The number of nitrogens with zero attached hydrogens (tertiary/aromatic N) is 4. The average Bonchev–Trinajstić information content (AvgIpc) is 2.85. The molecule has 20 heavy (non-hydrogen) atoms.